The number of carbonyl (C=O) groups excluding carboxylic acids is 2. The first kappa shape index (κ1) is 21.8. The van der Waals surface area contributed by atoms with E-state index in [4.69, 9.17) is 4.74 Å². The summed E-state index contributed by atoms with van der Waals surface area (Å²) in [5, 5.41) is 3.47. The van der Waals surface area contributed by atoms with Gasteiger partial charge >= 0.3 is 5.97 Å². The third-order valence-corrected chi connectivity index (χ3v) is 5.89. The Balaban J connectivity index is 1.58. The number of ether oxygens (including phenoxy) is 1. The highest BCUT2D eigenvalue weighted by atomic mass is 16.5. The van der Waals surface area contributed by atoms with E-state index in [0.717, 1.165) is 30.5 Å². The summed E-state index contributed by atoms with van der Waals surface area (Å²) in [4.78, 5) is 27.7. The van der Waals surface area contributed by atoms with Crippen LogP contribution in [0.4, 0.5) is 0 Å². The fourth-order valence-electron chi connectivity index (χ4n) is 4.08. The lowest BCUT2D eigenvalue weighted by Crippen LogP contribution is -2.45. The van der Waals surface area contributed by atoms with Gasteiger partial charge in [-0.3, -0.25) is 10.1 Å². The van der Waals surface area contributed by atoms with Crippen LogP contribution in [0.1, 0.15) is 57.4 Å². The quantitative estimate of drug-likeness (QED) is 0.454. The fraction of sp³-hybridized carbons (Fsp3) is 0.259. The third kappa shape index (κ3) is 4.58. The average molecular weight is 429 g/mol. The summed E-state index contributed by atoms with van der Waals surface area (Å²) in [6, 6.07) is 22.5. The number of carbonyl (C=O) groups is 2. The predicted octanol–water partition coefficient (Wildman–Crippen LogP) is 4.77. The molecule has 3 aromatic carbocycles. The summed E-state index contributed by atoms with van der Waals surface area (Å²) < 4.78 is 5.68. The number of rotatable bonds is 6. The van der Waals surface area contributed by atoms with Gasteiger partial charge in [-0.05, 0) is 72.9 Å². The molecule has 4 rings (SSSR count). The number of nitrogens with one attached hydrogen (secondary N) is 1. The molecule has 1 unspecified atom stereocenters. The molecule has 1 N–H and O–H groups in total. The molecule has 1 atom stereocenters. The zero-order valence-corrected chi connectivity index (χ0v) is 18.5. The van der Waals surface area contributed by atoms with E-state index in [1.54, 1.807) is 12.1 Å². The van der Waals surface area contributed by atoms with Crippen molar-refractivity contribution in [1.29, 1.82) is 0 Å². The highest BCUT2D eigenvalue weighted by Crippen LogP contribution is 2.30. The van der Waals surface area contributed by atoms with E-state index in [1.807, 2.05) is 72.5 Å². The van der Waals surface area contributed by atoms with Crippen molar-refractivity contribution in [2.75, 3.05) is 13.1 Å². The Hall–Kier alpha value is -3.44. The first-order valence-electron chi connectivity index (χ1n) is 11.1. The van der Waals surface area contributed by atoms with Crippen molar-refractivity contribution in [3.8, 4) is 5.75 Å². The van der Waals surface area contributed by atoms with E-state index in [0.29, 0.717) is 23.4 Å². The van der Waals surface area contributed by atoms with E-state index in [1.165, 1.54) is 5.56 Å². The van der Waals surface area contributed by atoms with Crippen LogP contribution in [0.2, 0.25) is 0 Å². The first-order chi connectivity index (χ1) is 15.6. The Labute approximate surface area is 189 Å². The maximum atomic E-state index is 13.2. The molecule has 3 aromatic rings. The van der Waals surface area contributed by atoms with E-state index in [9.17, 15) is 9.59 Å². The van der Waals surface area contributed by atoms with Gasteiger partial charge in [0.05, 0.1) is 5.56 Å². The normalized spacial score (nSPS) is 15.0. The fourth-order valence-corrected chi connectivity index (χ4v) is 4.08. The van der Waals surface area contributed by atoms with Crippen LogP contribution in [0, 0.1) is 0 Å². The molecule has 0 saturated carbocycles. The first-order valence-corrected chi connectivity index (χ1v) is 11.1. The summed E-state index contributed by atoms with van der Waals surface area (Å²) in [6.45, 7) is 5.38. The molecule has 32 heavy (non-hydrogen) atoms. The van der Waals surface area contributed by atoms with Crippen molar-refractivity contribution in [2.24, 2.45) is 0 Å². The van der Waals surface area contributed by atoms with Crippen molar-refractivity contribution >= 4 is 11.9 Å². The summed E-state index contributed by atoms with van der Waals surface area (Å²) in [7, 11) is 0. The SMILES string of the molecule is CCc1ccc(C(=O)Oc2ccc3c(c2)C(N(CC)C(=O)c2ccccc2)NCC3)cc1. The van der Waals surface area contributed by atoms with E-state index in [2.05, 4.69) is 12.2 Å². The van der Waals surface area contributed by atoms with Crippen molar-refractivity contribution in [1.82, 2.24) is 10.2 Å². The van der Waals surface area contributed by atoms with Crippen LogP contribution in [0.25, 0.3) is 0 Å². The van der Waals surface area contributed by atoms with Crippen LogP contribution in [0.15, 0.2) is 72.8 Å². The highest BCUT2D eigenvalue weighted by molar-refractivity contribution is 5.94. The second-order valence-corrected chi connectivity index (χ2v) is 7.86. The summed E-state index contributed by atoms with van der Waals surface area (Å²) >= 11 is 0. The Morgan fingerprint density at radius 3 is 2.41 bits per heavy atom. The molecule has 1 aliphatic rings. The van der Waals surface area contributed by atoms with E-state index in [-0.39, 0.29) is 18.0 Å². The van der Waals surface area contributed by atoms with Gasteiger partial charge in [-0.1, -0.05) is 43.3 Å². The van der Waals surface area contributed by atoms with Crippen LogP contribution in [0.5, 0.6) is 5.75 Å². The van der Waals surface area contributed by atoms with Gasteiger partial charge in [-0.25, -0.2) is 4.79 Å². The molecular formula is C27H28N2O3. The molecule has 0 saturated heterocycles. The lowest BCUT2D eigenvalue weighted by atomic mass is 9.96. The third-order valence-electron chi connectivity index (χ3n) is 5.89. The van der Waals surface area contributed by atoms with Crippen LogP contribution >= 0.6 is 0 Å². The number of hydrogen-bond donors (Lipinski definition) is 1. The Morgan fingerprint density at radius 1 is 0.969 bits per heavy atom. The number of esters is 1. The average Bonchev–Trinajstić information content (AvgIpc) is 2.85. The molecule has 5 nitrogen and oxygen atoms in total. The number of nitrogens with zero attached hydrogens (tertiary/aromatic N) is 1. The van der Waals surface area contributed by atoms with Gasteiger partial charge in [0.1, 0.15) is 11.9 Å². The summed E-state index contributed by atoms with van der Waals surface area (Å²) in [6.07, 6.45) is 1.50. The van der Waals surface area contributed by atoms with E-state index >= 15 is 0 Å². The topological polar surface area (TPSA) is 58.6 Å². The monoisotopic (exact) mass is 428 g/mol. The van der Waals surface area contributed by atoms with Crippen molar-refractivity contribution < 1.29 is 14.3 Å². The minimum absolute atomic E-state index is 0.0307. The van der Waals surface area contributed by atoms with Gasteiger partial charge in [0, 0.05) is 18.7 Å². The maximum Gasteiger partial charge on any atom is 0.343 e. The second kappa shape index (κ2) is 9.79. The van der Waals surface area contributed by atoms with Gasteiger partial charge < -0.3 is 9.64 Å². The van der Waals surface area contributed by atoms with Gasteiger partial charge in [0.2, 0.25) is 0 Å². The van der Waals surface area contributed by atoms with E-state index < -0.39 is 0 Å². The van der Waals surface area contributed by atoms with Crippen LogP contribution in [-0.4, -0.2) is 29.9 Å². The molecule has 0 fully saturated rings. The second-order valence-electron chi connectivity index (χ2n) is 7.86. The number of benzene rings is 3. The lowest BCUT2D eigenvalue weighted by molar-refractivity contribution is 0.0640. The number of amides is 1. The molecular weight excluding hydrogens is 400 g/mol. The standard InChI is InChI=1S/C27H28N2O3/c1-3-19-10-12-22(13-11-19)27(31)32-23-15-14-20-16-17-28-25(24(20)18-23)29(4-2)26(30)21-8-6-5-7-9-21/h5-15,18,25,28H,3-4,16-17H2,1-2H3. The van der Waals surface area contributed by atoms with Gasteiger partial charge in [0.15, 0.2) is 0 Å². The molecule has 0 spiro atoms. The molecule has 1 aliphatic heterocycles. The number of hydrogen-bond acceptors (Lipinski definition) is 4. The van der Waals surface area contributed by atoms with Crippen LogP contribution in [-0.2, 0) is 12.8 Å². The molecule has 0 aromatic heterocycles. The largest absolute Gasteiger partial charge is 0.423 e. The maximum absolute atomic E-state index is 13.2. The van der Waals surface area contributed by atoms with Gasteiger partial charge in [-0.2, -0.15) is 0 Å². The minimum atomic E-state index is -0.388. The summed E-state index contributed by atoms with van der Waals surface area (Å²) in [5.41, 5.74) is 4.46. The molecule has 5 heteroatoms. The van der Waals surface area contributed by atoms with Crippen LogP contribution in [0.3, 0.4) is 0 Å². The molecule has 0 bridgehead atoms. The number of fused-ring (bicyclic) bond motifs is 1. The molecule has 0 aliphatic carbocycles. The summed E-state index contributed by atoms with van der Waals surface area (Å²) in [5.74, 6) is 0.0581. The van der Waals surface area contributed by atoms with Crippen molar-refractivity contribution in [3.05, 3.63) is 101 Å². The number of aryl methyl sites for hydroxylation is 1. The molecule has 164 valence electrons. The van der Waals surface area contributed by atoms with Crippen molar-refractivity contribution in [2.45, 2.75) is 32.9 Å². The van der Waals surface area contributed by atoms with Crippen molar-refractivity contribution in [3.63, 3.8) is 0 Å². The molecule has 1 amide bonds. The smallest absolute Gasteiger partial charge is 0.343 e. The Bertz CT molecular complexity index is 1090. The highest BCUT2D eigenvalue weighted by Gasteiger charge is 2.29. The van der Waals surface area contributed by atoms with Gasteiger partial charge in [0.25, 0.3) is 5.91 Å². The minimum Gasteiger partial charge on any atom is -0.423 e. The molecule has 0 radical (unpaired) electrons. The van der Waals surface area contributed by atoms with Gasteiger partial charge in [-0.15, -0.1) is 0 Å². The zero-order chi connectivity index (χ0) is 22.5. The zero-order valence-electron chi connectivity index (χ0n) is 18.5. The Morgan fingerprint density at radius 2 is 1.72 bits per heavy atom. The predicted molar refractivity (Wildman–Crippen MR) is 125 cm³/mol. The van der Waals surface area contributed by atoms with Crippen LogP contribution < -0.4 is 10.1 Å². The Kier molecular flexibility index (Phi) is 6.66. The molecule has 1 heterocycles. The lowest BCUT2D eigenvalue weighted by Gasteiger charge is -2.36.